The number of carbonyl (C=O) groups is 1. The quantitative estimate of drug-likeness (QED) is 0.650. The molecule has 0 aromatic carbocycles. The number of piperazine rings is 1. The smallest absolute Gasteiger partial charge is 0.269 e. The molecular formula is C25H30N6O3. The first-order chi connectivity index (χ1) is 16.1. The third-order valence-electron chi connectivity index (χ3n) is 6.97. The van der Waals surface area contributed by atoms with Crippen LogP contribution in [0.3, 0.4) is 0 Å². The predicted octanol–water partition coefficient (Wildman–Crippen LogP) is 1.80. The van der Waals surface area contributed by atoms with E-state index in [0.29, 0.717) is 23.5 Å². The lowest BCUT2D eigenvalue weighted by Gasteiger charge is -2.54. The van der Waals surface area contributed by atoms with Crippen LogP contribution >= 0.6 is 0 Å². The Morgan fingerprint density at radius 1 is 1.21 bits per heavy atom. The minimum atomic E-state index is -0.168. The predicted molar refractivity (Wildman–Crippen MR) is 131 cm³/mol. The number of nitrogens with zero attached hydrogens (tertiary/aromatic N) is 4. The second-order valence-electron chi connectivity index (χ2n) is 8.76. The minimum absolute atomic E-state index is 0. The molecule has 0 bridgehead atoms. The maximum atomic E-state index is 11.8. The number of fused-ring (bicyclic) bond motifs is 2. The van der Waals surface area contributed by atoms with Gasteiger partial charge in [-0.2, -0.15) is 0 Å². The lowest BCUT2D eigenvalue weighted by atomic mass is 9.81. The Balaban J connectivity index is 0.00000274. The molecule has 1 saturated carbocycles. The van der Waals surface area contributed by atoms with Crippen LogP contribution in [0.4, 0.5) is 11.4 Å². The fourth-order valence-electron chi connectivity index (χ4n) is 5.03. The summed E-state index contributed by atoms with van der Waals surface area (Å²) in [6, 6.07) is 6.83. The monoisotopic (exact) mass is 462 g/mol. The minimum Gasteiger partial charge on any atom is -0.412 e. The standard InChI is InChI=1S/C25H28N6O2.H2O/c1-3-17-11-20-21(29-22(17)15-32)10-16(12-27-20)14-30-8-9-31(24-7-6-23(24)30)18-4-5-19(28-13-18)25(33)26-2;/h4-5,10-13,23-24,29H,3,6-9,14H2,1-2H3,(H,26,33);1H2/t23-,24+;/m1./s1. The van der Waals surface area contributed by atoms with E-state index in [0.717, 1.165) is 60.7 Å². The summed E-state index contributed by atoms with van der Waals surface area (Å²) < 4.78 is 0. The molecule has 34 heavy (non-hydrogen) atoms. The molecule has 2 fully saturated rings. The number of anilines is 2. The van der Waals surface area contributed by atoms with E-state index in [1.54, 1.807) is 13.1 Å². The SMILES string of the molecule is CCC1=Cc2ncc(CN3CCN(c4ccc(C(=O)NC)nc4)[C@H]4CC[C@H]43)cc2NC1=C=O.O. The zero-order chi connectivity index (χ0) is 22.9. The molecule has 3 aliphatic rings. The second kappa shape index (κ2) is 9.77. The van der Waals surface area contributed by atoms with Crippen molar-refractivity contribution in [2.75, 3.05) is 30.4 Å². The molecule has 1 saturated heterocycles. The lowest BCUT2D eigenvalue weighted by molar-refractivity contribution is 0.0658. The van der Waals surface area contributed by atoms with E-state index < -0.39 is 0 Å². The van der Waals surface area contributed by atoms with E-state index in [4.69, 9.17) is 0 Å². The number of aromatic nitrogens is 2. The van der Waals surface area contributed by atoms with Gasteiger partial charge in [0, 0.05) is 45.0 Å². The summed E-state index contributed by atoms with van der Waals surface area (Å²) in [6.07, 6.45) is 8.81. The number of rotatable bonds is 5. The molecule has 4 heterocycles. The summed E-state index contributed by atoms with van der Waals surface area (Å²) in [7, 11) is 1.61. The normalized spacial score (nSPS) is 21.1. The molecule has 9 heteroatoms. The summed E-state index contributed by atoms with van der Waals surface area (Å²) in [6.45, 7) is 4.71. The average molecular weight is 463 g/mol. The van der Waals surface area contributed by atoms with Gasteiger partial charge in [-0.15, -0.1) is 0 Å². The van der Waals surface area contributed by atoms with Crippen LogP contribution in [0.5, 0.6) is 0 Å². The molecule has 4 N–H and O–H groups in total. The zero-order valence-corrected chi connectivity index (χ0v) is 19.5. The summed E-state index contributed by atoms with van der Waals surface area (Å²) in [5.41, 5.74) is 5.82. The van der Waals surface area contributed by atoms with Crippen molar-refractivity contribution in [3.63, 3.8) is 0 Å². The molecule has 1 aliphatic carbocycles. The average Bonchev–Trinajstić information content (AvgIpc) is 2.83. The van der Waals surface area contributed by atoms with E-state index in [-0.39, 0.29) is 11.4 Å². The third-order valence-corrected chi connectivity index (χ3v) is 6.97. The van der Waals surface area contributed by atoms with Crippen LogP contribution in [-0.2, 0) is 11.3 Å². The zero-order valence-electron chi connectivity index (χ0n) is 19.5. The van der Waals surface area contributed by atoms with Crippen LogP contribution in [0.2, 0.25) is 0 Å². The van der Waals surface area contributed by atoms with E-state index in [1.165, 1.54) is 6.42 Å². The van der Waals surface area contributed by atoms with Gasteiger partial charge in [0.15, 0.2) is 5.94 Å². The number of hydrogen-bond donors (Lipinski definition) is 2. The number of hydrogen-bond acceptors (Lipinski definition) is 7. The van der Waals surface area contributed by atoms with Gasteiger partial charge in [0.25, 0.3) is 5.91 Å². The highest BCUT2D eigenvalue weighted by Crippen LogP contribution is 2.37. The Hall–Kier alpha value is -3.52. The molecule has 2 aromatic heterocycles. The first kappa shape index (κ1) is 23.6. The maximum Gasteiger partial charge on any atom is 0.269 e. The van der Waals surface area contributed by atoms with Crippen LogP contribution < -0.4 is 15.5 Å². The van der Waals surface area contributed by atoms with Crippen molar-refractivity contribution in [2.24, 2.45) is 0 Å². The van der Waals surface area contributed by atoms with Gasteiger partial charge in [-0.25, -0.2) is 9.78 Å². The van der Waals surface area contributed by atoms with Gasteiger partial charge >= 0.3 is 0 Å². The Morgan fingerprint density at radius 3 is 2.68 bits per heavy atom. The summed E-state index contributed by atoms with van der Waals surface area (Å²) in [5, 5.41) is 5.82. The maximum absolute atomic E-state index is 11.8. The molecule has 0 radical (unpaired) electrons. The van der Waals surface area contributed by atoms with Crippen molar-refractivity contribution < 1.29 is 15.1 Å². The number of pyridine rings is 2. The van der Waals surface area contributed by atoms with Gasteiger partial charge in [-0.05, 0) is 54.7 Å². The highest BCUT2D eigenvalue weighted by atomic mass is 16.1. The molecule has 5 rings (SSSR count). The summed E-state index contributed by atoms with van der Waals surface area (Å²) >= 11 is 0. The molecule has 0 unspecified atom stereocenters. The van der Waals surface area contributed by atoms with Gasteiger partial charge in [0.2, 0.25) is 0 Å². The molecule has 1 amide bonds. The van der Waals surface area contributed by atoms with E-state index in [2.05, 4.69) is 36.5 Å². The summed E-state index contributed by atoms with van der Waals surface area (Å²) in [4.78, 5) is 37.0. The number of carbonyl (C=O) groups excluding carboxylic acids is 2. The molecular weight excluding hydrogens is 432 g/mol. The van der Waals surface area contributed by atoms with Crippen LogP contribution in [0.25, 0.3) is 6.08 Å². The van der Waals surface area contributed by atoms with Crippen LogP contribution in [0.15, 0.2) is 41.9 Å². The van der Waals surface area contributed by atoms with E-state index in [1.807, 2.05) is 37.4 Å². The first-order valence-corrected chi connectivity index (χ1v) is 11.5. The second-order valence-corrected chi connectivity index (χ2v) is 8.76. The first-order valence-electron chi connectivity index (χ1n) is 11.5. The van der Waals surface area contributed by atoms with Crippen LogP contribution in [-0.4, -0.2) is 64.4 Å². The highest BCUT2D eigenvalue weighted by molar-refractivity contribution is 5.92. The molecule has 0 spiro atoms. The van der Waals surface area contributed by atoms with E-state index >= 15 is 0 Å². The fraction of sp³-hybridized carbons (Fsp3) is 0.400. The van der Waals surface area contributed by atoms with Gasteiger partial charge in [-0.3, -0.25) is 14.7 Å². The number of nitrogens with one attached hydrogen (secondary N) is 2. The molecule has 2 aromatic rings. The fourth-order valence-corrected chi connectivity index (χ4v) is 5.03. The number of allylic oxidation sites excluding steroid dienone is 1. The highest BCUT2D eigenvalue weighted by Gasteiger charge is 2.43. The largest absolute Gasteiger partial charge is 0.412 e. The van der Waals surface area contributed by atoms with Gasteiger partial charge in [0.05, 0.1) is 23.3 Å². The molecule has 2 aliphatic heterocycles. The van der Waals surface area contributed by atoms with Crippen LogP contribution in [0.1, 0.15) is 47.9 Å². The van der Waals surface area contributed by atoms with Crippen LogP contribution in [0, 0.1) is 0 Å². The molecule has 9 nitrogen and oxygen atoms in total. The topological polar surface area (TPSA) is 122 Å². The van der Waals surface area contributed by atoms with Gasteiger partial charge < -0.3 is 21.0 Å². The van der Waals surface area contributed by atoms with Gasteiger partial charge in [-0.1, -0.05) is 6.92 Å². The lowest BCUT2D eigenvalue weighted by Crippen LogP contribution is -2.64. The Kier molecular flexibility index (Phi) is 6.79. The Bertz CT molecular complexity index is 1160. The summed E-state index contributed by atoms with van der Waals surface area (Å²) in [5.74, 6) is 1.85. The Morgan fingerprint density at radius 2 is 2.03 bits per heavy atom. The molecule has 2 atom stereocenters. The Labute approximate surface area is 198 Å². The van der Waals surface area contributed by atoms with Crippen molar-refractivity contribution in [1.29, 1.82) is 0 Å². The van der Waals surface area contributed by atoms with E-state index in [9.17, 15) is 9.59 Å². The third kappa shape index (κ3) is 4.21. The number of amides is 1. The van der Waals surface area contributed by atoms with Gasteiger partial charge in [0.1, 0.15) is 11.4 Å². The van der Waals surface area contributed by atoms with Crippen molar-refractivity contribution >= 4 is 29.3 Å². The van der Waals surface area contributed by atoms with Crippen molar-refractivity contribution in [2.45, 2.75) is 44.8 Å². The molecule has 178 valence electrons. The van der Waals surface area contributed by atoms with Crippen molar-refractivity contribution in [3.05, 3.63) is 58.8 Å². The van der Waals surface area contributed by atoms with Crippen molar-refractivity contribution in [1.82, 2.24) is 20.2 Å². The van der Waals surface area contributed by atoms with Crippen molar-refractivity contribution in [3.8, 4) is 0 Å².